The van der Waals surface area contributed by atoms with Crippen LogP contribution >= 0.6 is 31.9 Å². The molecule has 2 radical (unpaired) electrons. The van der Waals surface area contributed by atoms with Gasteiger partial charge in [-0.1, -0.05) is 12.1 Å². The number of hydrogen-bond donors (Lipinski definition) is 0. The van der Waals surface area contributed by atoms with Gasteiger partial charge in [0.25, 0.3) is 0 Å². The van der Waals surface area contributed by atoms with Crippen molar-refractivity contribution in [2.24, 2.45) is 0 Å². The molecule has 0 amide bonds. The van der Waals surface area contributed by atoms with Gasteiger partial charge >= 0.3 is 27.1 Å². The number of rotatable bonds is 1. The minimum atomic E-state index is -2.35. The molecule has 1 heterocycles. The summed E-state index contributed by atoms with van der Waals surface area (Å²) in [5.41, 5.74) is 0. The van der Waals surface area contributed by atoms with Crippen LogP contribution in [0.5, 0.6) is 0 Å². The molecular weight excluding hydrogens is 400 g/mol. The van der Waals surface area contributed by atoms with E-state index in [0.717, 1.165) is 14.1 Å². The molecule has 0 saturated carbocycles. The van der Waals surface area contributed by atoms with Crippen LogP contribution in [0.1, 0.15) is 0 Å². The standard InChI is InChI=1S/C9H12Br2O3Si3/c1-16(2)12-15-13-17(3,14-16)8-6-4-5-7(10)9(8)11/h4-6H,1-3H3. The topological polar surface area (TPSA) is 27.7 Å². The number of hydrogen-bond acceptors (Lipinski definition) is 3. The van der Waals surface area contributed by atoms with E-state index in [1.165, 1.54) is 0 Å². The minimum Gasteiger partial charge on any atom is -0.414 e. The predicted octanol–water partition coefficient (Wildman–Crippen LogP) is 2.79. The highest BCUT2D eigenvalue weighted by atomic mass is 79.9. The van der Waals surface area contributed by atoms with Crippen LogP contribution < -0.4 is 5.19 Å². The molecule has 0 N–H and O–H groups in total. The van der Waals surface area contributed by atoms with E-state index in [0.29, 0.717) is 0 Å². The van der Waals surface area contributed by atoms with Crippen molar-refractivity contribution in [2.75, 3.05) is 0 Å². The predicted molar refractivity (Wildman–Crippen MR) is 79.6 cm³/mol. The van der Waals surface area contributed by atoms with E-state index in [1.54, 1.807) is 0 Å². The second-order valence-electron chi connectivity index (χ2n) is 4.34. The minimum absolute atomic E-state index is 0.0855. The Bertz CT molecular complexity index is 443. The lowest BCUT2D eigenvalue weighted by Gasteiger charge is -2.40. The van der Waals surface area contributed by atoms with E-state index < -0.39 is 17.1 Å². The van der Waals surface area contributed by atoms with Crippen LogP contribution in [0.3, 0.4) is 0 Å². The SMILES string of the molecule is C[Si]1(C)O[Si]O[Si](C)(c2cccc(Br)c2Br)O1. The van der Waals surface area contributed by atoms with E-state index in [9.17, 15) is 0 Å². The molecule has 0 aromatic heterocycles. The third-order valence-electron chi connectivity index (χ3n) is 2.41. The molecular formula is C9H12Br2O3Si3. The normalized spacial score (nSPS) is 28.1. The zero-order chi connectivity index (χ0) is 12.7. The maximum atomic E-state index is 6.17. The van der Waals surface area contributed by atoms with Gasteiger partial charge in [-0.2, -0.15) is 0 Å². The fourth-order valence-electron chi connectivity index (χ4n) is 1.68. The first-order chi connectivity index (χ1) is 7.84. The van der Waals surface area contributed by atoms with Crippen LogP contribution in [0.25, 0.3) is 0 Å². The van der Waals surface area contributed by atoms with Crippen molar-refractivity contribution in [3.63, 3.8) is 0 Å². The van der Waals surface area contributed by atoms with Gasteiger partial charge in [-0.15, -0.1) is 0 Å². The van der Waals surface area contributed by atoms with E-state index >= 15 is 0 Å². The summed E-state index contributed by atoms with van der Waals surface area (Å²) in [5.74, 6) is 0. The zero-order valence-electron chi connectivity index (χ0n) is 9.71. The van der Waals surface area contributed by atoms with Gasteiger partial charge in [0.2, 0.25) is 0 Å². The van der Waals surface area contributed by atoms with Gasteiger partial charge in [-0.05, 0) is 57.6 Å². The first kappa shape index (κ1) is 14.1. The van der Waals surface area contributed by atoms with E-state index in [1.807, 2.05) is 12.1 Å². The van der Waals surface area contributed by atoms with Crippen LogP contribution in [0.2, 0.25) is 19.6 Å². The zero-order valence-corrected chi connectivity index (χ0v) is 15.9. The molecule has 0 spiro atoms. The molecule has 17 heavy (non-hydrogen) atoms. The highest BCUT2D eigenvalue weighted by molar-refractivity contribution is 9.13. The summed E-state index contributed by atoms with van der Waals surface area (Å²) in [6.07, 6.45) is 0. The summed E-state index contributed by atoms with van der Waals surface area (Å²) in [4.78, 5) is 0. The molecule has 1 fully saturated rings. The third kappa shape index (κ3) is 3.00. The Labute approximate surface area is 123 Å². The molecule has 1 aliphatic heterocycles. The fraction of sp³-hybridized carbons (Fsp3) is 0.333. The fourth-order valence-corrected chi connectivity index (χ4v) is 12.2. The van der Waals surface area contributed by atoms with Crippen molar-refractivity contribution in [2.45, 2.75) is 19.6 Å². The van der Waals surface area contributed by atoms with Crippen LogP contribution in [-0.2, 0) is 12.3 Å². The second kappa shape index (κ2) is 5.00. The van der Waals surface area contributed by atoms with Crippen molar-refractivity contribution in [3.05, 3.63) is 27.1 Å². The van der Waals surface area contributed by atoms with Crippen LogP contribution in [0.4, 0.5) is 0 Å². The molecule has 1 atom stereocenters. The Balaban J connectivity index is 2.41. The van der Waals surface area contributed by atoms with Gasteiger partial charge in [-0.25, -0.2) is 0 Å². The van der Waals surface area contributed by atoms with Crippen LogP contribution in [-0.4, -0.2) is 27.1 Å². The van der Waals surface area contributed by atoms with Crippen molar-refractivity contribution < 1.29 is 12.3 Å². The molecule has 2 rings (SSSR count). The van der Waals surface area contributed by atoms with Gasteiger partial charge in [0.15, 0.2) is 0 Å². The third-order valence-corrected chi connectivity index (χ3v) is 13.9. The summed E-state index contributed by atoms with van der Waals surface area (Å²) in [6, 6.07) is 6.05. The average molecular weight is 412 g/mol. The summed E-state index contributed by atoms with van der Waals surface area (Å²) in [5, 5.41) is 1.11. The summed E-state index contributed by atoms with van der Waals surface area (Å²) in [6.45, 7) is 6.18. The Kier molecular flexibility index (Phi) is 4.16. The smallest absolute Gasteiger partial charge is 0.413 e. The summed E-state index contributed by atoms with van der Waals surface area (Å²) < 4.78 is 19.6. The molecule has 8 heteroatoms. The maximum absolute atomic E-state index is 6.17. The van der Waals surface area contributed by atoms with E-state index in [-0.39, 0.29) is 10.0 Å². The van der Waals surface area contributed by atoms with Gasteiger partial charge in [0, 0.05) is 14.1 Å². The molecule has 92 valence electrons. The average Bonchev–Trinajstić information content (AvgIpc) is 2.20. The molecule has 1 saturated heterocycles. The Hall–Kier alpha value is 0.711. The molecule has 0 aliphatic carbocycles. The molecule has 1 aromatic carbocycles. The lowest BCUT2D eigenvalue weighted by Crippen LogP contribution is -2.63. The van der Waals surface area contributed by atoms with Gasteiger partial charge in [0.05, 0.1) is 0 Å². The highest BCUT2D eigenvalue weighted by Crippen LogP contribution is 2.27. The highest BCUT2D eigenvalue weighted by Gasteiger charge is 2.47. The van der Waals surface area contributed by atoms with Gasteiger partial charge in [0.1, 0.15) is 0 Å². The van der Waals surface area contributed by atoms with Crippen LogP contribution in [0.15, 0.2) is 27.1 Å². The number of halogens is 2. The molecule has 1 aliphatic rings. The largest absolute Gasteiger partial charge is 0.414 e. The molecule has 1 unspecified atom stereocenters. The number of benzene rings is 1. The lowest BCUT2D eigenvalue weighted by molar-refractivity contribution is 0.276. The first-order valence-electron chi connectivity index (χ1n) is 5.10. The lowest BCUT2D eigenvalue weighted by atomic mass is 10.4. The maximum Gasteiger partial charge on any atom is 0.413 e. The quantitative estimate of drug-likeness (QED) is 0.665. The second-order valence-corrected chi connectivity index (χ2v) is 13.8. The summed E-state index contributed by atoms with van der Waals surface area (Å²) in [7, 11) is -4.30. The monoisotopic (exact) mass is 410 g/mol. The van der Waals surface area contributed by atoms with Crippen molar-refractivity contribution >= 4 is 64.2 Å². The van der Waals surface area contributed by atoms with Crippen molar-refractivity contribution in [3.8, 4) is 0 Å². The van der Waals surface area contributed by atoms with Gasteiger partial charge in [-0.3, -0.25) is 0 Å². The van der Waals surface area contributed by atoms with Crippen molar-refractivity contribution in [1.29, 1.82) is 0 Å². The first-order valence-corrected chi connectivity index (χ1v) is 12.6. The summed E-state index contributed by atoms with van der Waals surface area (Å²) >= 11 is 7.11. The molecule has 0 bridgehead atoms. The van der Waals surface area contributed by atoms with Crippen molar-refractivity contribution in [1.82, 2.24) is 0 Å². The van der Waals surface area contributed by atoms with Gasteiger partial charge < -0.3 is 12.3 Å². The Morgan fingerprint density at radius 2 is 1.82 bits per heavy atom. The van der Waals surface area contributed by atoms with Crippen LogP contribution in [0, 0.1) is 0 Å². The molecule has 1 aromatic rings. The van der Waals surface area contributed by atoms with E-state index in [2.05, 4.69) is 57.6 Å². The molecule has 3 nitrogen and oxygen atoms in total. The Morgan fingerprint density at radius 1 is 1.12 bits per heavy atom. The van der Waals surface area contributed by atoms with E-state index in [4.69, 9.17) is 12.3 Å². The Morgan fingerprint density at radius 3 is 2.47 bits per heavy atom.